The first-order valence-corrected chi connectivity index (χ1v) is 6.81. The molecule has 2 heterocycles. The monoisotopic (exact) mass is 335 g/mol. The first-order valence-electron chi connectivity index (χ1n) is 6.43. The molecule has 0 aliphatic rings. The van der Waals surface area contributed by atoms with E-state index in [4.69, 9.17) is 11.6 Å². The zero-order valence-electron chi connectivity index (χ0n) is 11.3. The number of fused-ring (bicyclic) bond motifs is 1. The molecule has 0 aliphatic carbocycles. The lowest BCUT2D eigenvalue weighted by atomic mass is 10.2. The van der Waals surface area contributed by atoms with Gasteiger partial charge in [-0.2, -0.15) is 0 Å². The molecule has 0 aliphatic heterocycles. The molecule has 2 N–H and O–H groups in total. The van der Waals surface area contributed by atoms with Crippen molar-refractivity contribution in [3.8, 4) is 0 Å². The average Bonchev–Trinajstić information content (AvgIpc) is 2.49. The summed E-state index contributed by atoms with van der Waals surface area (Å²) in [7, 11) is 0. The minimum absolute atomic E-state index is 0. The minimum atomic E-state index is -0.627. The molecule has 0 bridgehead atoms. The molecular weight excluding hydrogens is 321 g/mol. The van der Waals surface area contributed by atoms with Gasteiger partial charge in [0.1, 0.15) is 5.82 Å². The Morgan fingerprint density at radius 1 is 1.30 bits per heavy atom. The highest BCUT2D eigenvalue weighted by Crippen LogP contribution is 2.21. The number of hydrogen-bond acceptors (Lipinski definition) is 4. The Hall–Kier alpha value is -2.44. The van der Waals surface area contributed by atoms with Crippen LogP contribution in [0, 0.1) is 5.82 Å². The maximum absolute atomic E-state index is 13.9. The number of benzene rings is 1. The van der Waals surface area contributed by atoms with Crippen LogP contribution in [0.2, 0.25) is 5.02 Å². The quantitative estimate of drug-likeness (QED) is 0.770. The molecule has 3 aromatic rings. The summed E-state index contributed by atoms with van der Waals surface area (Å²) in [6.07, 6.45) is 1.40. The largest absolute Gasteiger partial charge is 0.391 e. The number of pyridine rings is 1. The van der Waals surface area contributed by atoms with E-state index in [0.717, 1.165) is 4.40 Å². The van der Waals surface area contributed by atoms with Crippen molar-refractivity contribution in [1.82, 2.24) is 9.38 Å². The van der Waals surface area contributed by atoms with Crippen LogP contribution < -0.4 is 10.9 Å². The van der Waals surface area contributed by atoms with Crippen molar-refractivity contribution in [1.29, 1.82) is 0 Å². The average molecular weight is 336 g/mol. The Bertz CT molecular complexity index is 911. The summed E-state index contributed by atoms with van der Waals surface area (Å²) < 4.78 is 14.9. The Morgan fingerprint density at radius 2 is 2.09 bits per heavy atom. The van der Waals surface area contributed by atoms with Crippen LogP contribution in [0.3, 0.4) is 0 Å². The van der Waals surface area contributed by atoms with Crippen molar-refractivity contribution in [3.63, 3.8) is 0 Å². The number of nitrogens with one attached hydrogen (secondary N) is 1. The van der Waals surface area contributed by atoms with Gasteiger partial charge in [-0.15, -0.1) is 0 Å². The highest BCUT2D eigenvalue weighted by atomic mass is 35.5. The molecule has 0 saturated carbocycles. The smallest absolute Gasteiger partial charge is 0.265 e. The lowest BCUT2D eigenvalue weighted by Gasteiger charge is -2.11. The third-order valence-corrected chi connectivity index (χ3v) is 3.38. The molecule has 7 heteroatoms. The lowest BCUT2D eigenvalue weighted by Crippen LogP contribution is -2.22. The number of hydrogen-bond donors (Lipinski definition) is 2. The second-order valence-corrected chi connectivity index (χ2v) is 5.02. The van der Waals surface area contributed by atoms with Gasteiger partial charge >= 0.3 is 0 Å². The predicted octanol–water partition coefficient (Wildman–Crippen LogP) is 3.36. The number of halogens is 2. The van der Waals surface area contributed by atoms with Crippen molar-refractivity contribution in [2.75, 3.05) is 5.32 Å². The van der Waals surface area contributed by atoms with E-state index in [1.807, 2.05) is 0 Å². The predicted molar refractivity (Wildman–Crippen MR) is 88.8 cm³/mol. The first-order chi connectivity index (χ1) is 10.6. The van der Waals surface area contributed by atoms with E-state index >= 15 is 0 Å². The molecule has 2 aromatic heterocycles. The van der Waals surface area contributed by atoms with Crippen molar-refractivity contribution >= 4 is 28.8 Å². The Labute approximate surface area is 137 Å². The number of aliphatic hydroxyl groups is 1. The lowest BCUT2D eigenvalue weighted by molar-refractivity contribution is 0.280. The highest BCUT2D eigenvalue weighted by molar-refractivity contribution is 6.30. The van der Waals surface area contributed by atoms with Gasteiger partial charge in [0.25, 0.3) is 5.56 Å². The summed E-state index contributed by atoms with van der Waals surface area (Å²) in [4.78, 5) is 16.4. The fraction of sp³-hybridized carbons (Fsp3) is 0.125. The summed E-state index contributed by atoms with van der Waals surface area (Å²) in [6, 6.07) is 9.38. The summed E-state index contributed by atoms with van der Waals surface area (Å²) in [5.41, 5.74) is -0.0244. The Morgan fingerprint density at radius 3 is 2.78 bits per heavy atom. The zero-order valence-corrected chi connectivity index (χ0v) is 12.0. The van der Waals surface area contributed by atoms with E-state index < -0.39 is 18.0 Å². The van der Waals surface area contributed by atoms with Crippen LogP contribution >= 0.6 is 11.6 Å². The Balaban J connectivity index is 0.00000192. The van der Waals surface area contributed by atoms with E-state index in [0.29, 0.717) is 10.7 Å². The third-order valence-electron chi connectivity index (χ3n) is 3.15. The van der Waals surface area contributed by atoms with Crippen LogP contribution in [-0.4, -0.2) is 14.5 Å². The Kier molecular flexibility index (Phi) is 4.98. The van der Waals surface area contributed by atoms with Gasteiger partial charge in [-0.3, -0.25) is 9.20 Å². The van der Waals surface area contributed by atoms with Crippen LogP contribution in [0.1, 0.15) is 13.0 Å². The number of aromatic nitrogens is 2. The van der Waals surface area contributed by atoms with Crippen molar-refractivity contribution in [3.05, 3.63) is 69.4 Å². The van der Waals surface area contributed by atoms with Gasteiger partial charge in [0.05, 0.1) is 12.2 Å². The second-order valence-electron chi connectivity index (χ2n) is 4.59. The SMILES string of the molecule is C.O=c1c(CO)c(Nc2cccc(Cl)c2)nc2c(F)cccn12. The molecule has 0 spiro atoms. The number of rotatable bonds is 3. The highest BCUT2D eigenvalue weighted by Gasteiger charge is 2.14. The van der Waals surface area contributed by atoms with Crippen molar-refractivity contribution < 1.29 is 9.50 Å². The molecule has 23 heavy (non-hydrogen) atoms. The topological polar surface area (TPSA) is 66.6 Å². The van der Waals surface area contributed by atoms with E-state index in [1.54, 1.807) is 24.3 Å². The molecule has 120 valence electrons. The minimum Gasteiger partial charge on any atom is -0.391 e. The van der Waals surface area contributed by atoms with Crippen LogP contribution in [0.4, 0.5) is 15.9 Å². The number of anilines is 2. The summed E-state index contributed by atoms with van der Waals surface area (Å²) in [5, 5.41) is 12.8. The molecule has 5 nitrogen and oxygen atoms in total. The molecule has 3 rings (SSSR count). The van der Waals surface area contributed by atoms with Crippen LogP contribution in [0.15, 0.2) is 47.4 Å². The molecule has 0 unspecified atom stereocenters. The van der Waals surface area contributed by atoms with Gasteiger partial charge in [-0.1, -0.05) is 25.1 Å². The summed E-state index contributed by atoms with van der Waals surface area (Å²) in [6.45, 7) is -0.520. The van der Waals surface area contributed by atoms with Crippen molar-refractivity contribution in [2.45, 2.75) is 14.0 Å². The third kappa shape index (κ3) is 3.18. The maximum atomic E-state index is 13.9. The van der Waals surface area contributed by atoms with Gasteiger partial charge in [0, 0.05) is 16.9 Å². The van der Waals surface area contributed by atoms with E-state index in [9.17, 15) is 14.3 Å². The van der Waals surface area contributed by atoms with Crippen molar-refractivity contribution in [2.24, 2.45) is 0 Å². The summed E-state index contributed by atoms with van der Waals surface area (Å²) in [5.74, 6) is -0.530. The van der Waals surface area contributed by atoms with Crippen LogP contribution in [-0.2, 0) is 6.61 Å². The summed E-state index contributed by atoms with van der Waals surface area (Å²) >= 11 is 5.90. The normalized spacial score (nSPS) is 10.4. The van der Waals surface area contributed by atoms with Gasteiger partial charge in [-0.05, 0) is 30.3 Å². The number of nitrogens with zero attached hydrogens (tertiary/aromatic N) is 2. The maximum Gasteiger partial charge on any atom is 0.265 e. The standard InChI is InChI=1S/C15H11ClFN3O2.CH4/c16-9-3-1-4-10(7-9)18-13-11(8-21)15(22)20-6-2-5-12(17)14(20)19-13;/h1-7,18,21H,8H2;1H4. The van der Waals surface area contributed by atoms with E-state index in [-0.39, 0.29) is 24.5 Å². The van der Waals surface area contributed by atoms with Gasteiger partial charge in [0.15, 0.2) is 11.5 Å². The van der Waals surface area contributed by atoms with Crippen LogP contribution in [0.25, 0.3) is 5.65 Å². The fourth-order valence-corrected chi connectivity index (χ4v) is 2.30. The van der Waals surface area contributed by atoms with Gasteiger partial charge in [-0.25, -0.2) is 9.37 Å². The molecule has 0 amide bonds. The first kappa shape index (κ1) is 16.9. The molecule has 0 radical (unpaired) electrons. The number of aliphatic hydroxyl groups excluding tert-OH is 1. The molecule has 0 atom stereocenters. The fourth-order valence-electron chi connectivity index (χ4n) is 2.11. The molecule has 0 fully saturated rings. The molecule has 1 aromatic carbocycles. The zero-order chi connectivity index (χ0) is 15.7. The van der Waals surface area contributed by atoms with E-state index in [2.05, 4.69) is 10.3 Å². The van der Waals surface area contributed by atoms with E-state index in [1.165, 1.54) is 18.3 Å². The molecular formula is C16H15ClFN3O2. The molecule has 0 saturated heterocycles. The van der Waals surface area contributed by atoms with Gasteiger partial charge < -0.3 is 10.4 Å². The van der Waals surface area contributed by atoms with Crippen LogP contribution in [0.5, 0.6) is 0 Å². The second kappa shape index (κ2) is 6.76. The van der Waals surface area contributed by atoms with Gasteiger partial charge in [0.2, 0.25) is 0 Å².